The molecule has 0 spiro atoms. The molecule has 6 nitrogen and oxygen atoms in total. The lowest BCUT2D eigenvalue weighted by Gasteiger charge is -2.21. The second-order valence-electron chi connectivity index (χ2n) is 5.71. The standard InChI is InChI=1S/C15H20N4O2/c20-14(11-5-7-16-8-6-11)18-12-3-4-13(17-9-12)19-15(21)10-1-2-10/h3-4,9-11,16H,1-2,5-8H2,(H,18,20)(H,17,19,21). The summed E-state index contributed by atoms with van der Waals surface area (Å²) in [7, 11) is 0. The molecule has 1 aromatic rings. The van der Waals surface area contributed by atoms with E-state index in [1.165, 1.54) is 0 Å². The number of hydrogen-bond donors (Lipinski definition) is 3. The average Bonchev–Trinajstić information content (AvgIpc) is 3.35. The molecular formula is C15H20N4O2. The van der Waals surface area contributed by atoms with E-state index in [-0.39, 0.29) is 23.7 Å². The van der Waals surface area contributed by atoms with Gasteiger partial charge in [0, 0.05) is 11.8 Å². The molecule has 2 fully saturated rings. The zero-order chi connectivity index (χ0) is 14.7. The number of nitrogens with one attached hydrogen (secondary N) is 3. The van der Waals surface area contributed by atoms with Gasteiger partial charge in [-0.05, 0) is 50.9 Å². The van der Waals surface area contributed by atoms with Crippen LogP contribution in [0.3, 0.4) is 0 Å². The molecule has 21 heavy (non-hydrogen) atoms. The number of nitrogens with zero attached hydrogens (tertiary/aromatic N) is 1. The monoisotopic (exact) mass is 288 g/mol. The first-order chi connectivity index (χ1) is 10.2. The molecule has 2 aliphatic rings. The van der Waals surface area contributed by atoms with Crippen molar-refractivity contribution in [3.05, 3.63) is 18.3 Å². The Morgan fingerprint density at radius 3 is 2.29 bits per heavy atom. The van der Waals surface area contributed by atoms with E-state index in [1.807, 2.05) is 0 Å². The highest BCUT2D eigenvalue weighted by atomic mass is 16.2. The van der Waals surface area contributed by atoms with E-state index < -0.39 is 0 Å². The number of piperidine rings is 1. The van der Waals surface area contributed by atoms with Crippen molar-refractivity contribution in [3.63, 3.8) is 0 Å². The van der Waals surface area contributed by atoms with Crippen molar-refractivity contribution in [2.75, 3.05) is 23.7 Å². The molecule has 0 unspecified atom stereocenters. The fourth-order valence-electron chi connectivity index (χ4n) is 2.44. The molecule has 6 heteroatoms. The van der Waals surface area contributed by atoms with Crippen LogP contribution in [0.4, 0.5) is 11.5 Å². The van der Waals surface area contributed by atoms with Gasteiger partial charge in [0.1, 0.15) is 5.82 Å². The van der Waals surface area contributed by atoms with Crippen LogP contribution in [0.5, 0.6) is 0 Å². The summed E-state index contributed by atoms with van der Waals surface area (Å²) in [5.41, 5.74) is 0.669. The molecule has 2 heterocycles. The van der Waals surface area contributed by atoms with Crippen LogP contribution in [0.25, 0.3) is 0 Å². The largest absolute Gasteiger partial charge is 0.324 e. The summed E-state index contributed by atoms with van der Waals surface area (Å²) in [6.07, 6.45) is 5.26. The van der Waals surface area contributed by atoms with Crippen molar-refractivity contribution < 1.29 is 9.59 Å². The summed E-state index contributed by atoms with van der Waals surface area (Å²) in [4.78, 5) is 27.9. The first-order valence-electron chi connectivity index (χ1n) is 7.51. The van der Waals surface area contributed by atoms with Gasteiger partial charge in [-0.1, -0.05) is 0 Å². The number of rotatable bonds is 4. The molecule has 0 aromatic carbocycles. The summed E-state index contributed by atoms with van der Waals surface area (Å²) in [5, 5.41) is 8.90. The topological polar surface area (TPSA) is 83.1 Å². The van der Waals surface area contributed by atoms with Crippen molar-refractivity contribution in [3.8, 4) is 0 Å². The number of carbonyl (C=O) groups excluding carboxylic acids is 2. The smallest absolute Gasteiger partial charge is 0.228 e. The molecule has 0 bridgehead atoms. The molecule has 1 aliphatic heterocycles. The number of hydrogen-bond acceptors (Lipinski definition) is 4. The third kappa shape index (κ3) is 3.78. The van der Waals surface area contributed by atoms with Crippen molar-refractivity contribution in [2.45, 2.75) is 25.7 Å². The molecule has 1 saturated heterocycles. The SMILES string of the molecule is O=C(Nc1ccc(NC(=O)C2CC2)nc1)C1CCNCC1. The van der Waals surface area contributed by atoms with E-state index >= 15 is 0 Å². The van der Waals surface area contributed by atoms with Crippen LogP contribution in [0.1, 0.15) is 25.7 Å². The maximum atomic E-state index is 12.1. The Bertz CT molecular complexity index is 519. The van der Waals surface area contributed by atoms with Gasteiger partial charge in [0.2, 0.25) is 11.8 Å². The predicted octanol–water partition coefficient (Wildman–Crippen LogP) is 1.37. The predicted molar refractivity (Wildman–Crippen MR) is 79.8 cm³/mol. The van der Waals surface area contributed by atoms with Gasteiger partial charge in [-0.3, -0.25) is 9.59 Å². The second-order valence-corrected chi connectivity index (χ2v) is 5.71. The number of pyridine rings is 1. The normalized spacial score (nSPS) is 19.0. The van der Waals surface area contributed by atoms with Crippen LogP contribution in [0.2, 0.25) is 0 Å². The highest BCUT2D eigenvalue weighted by Crippen LogP contribution is 2.30. The van der Waals surface area contributed by atoms with Gasteiger partial charge in [-0.2, -0.15) is 0 Å². The van der Waals surface area contributed by atoms with Gasteiger partial charge in [0.25, 0.3) is 0 Å². The number of anilines is 2. The third-order valence-corrected chi connectivity index (χ3v) is 3.94. The van der Waals surface area contributed by atoms with Crippen LogP contribution < -0.4 is 16.0 Å². The van der Waals surface area contributed by atoms with Gasteiger partial charge in [0.05, 0.1) is 11.9 Å². The summed E-state index contributed by atoms with van der Waals surface area (Å²) < 4.78 is 0. The molecule has 3 rings (SSSR count). The highest BCUT2D eigenvalue weighted by molar-refractivity contribution is 5.94. The molecule has 1 aromatic heterocycles. The van der Waals surface area contributed by atoms with Gasteiger partial charge >= 0.3 is 0 Å². The van der Waals surface area contributed by atoms with Crippen LogP contribution >= 0.6 is 0 Å². The van der Waals surface area contributed by atoms with Gasteiger partial charge in [0.15, 0.2) is 0 Å². The van der Waals surface area contributed by atoms with Crippen molar-refractivity contribution >= 4 is 23.3 Å². The molecule has 112 valence electrons. The lowest BCUT2D eigenvalue weighted by atomic mass is 9.97. The molecular weight excluding hydrogens is 268 g/mol. The van der Waals surface area contributed by atoms with E-state index in [9.17, 15) is 9.59 Å². The van der Waals surface area contributed by atoms with Gasteiger partial charge in [-0.15, -0.1) is 0 Å². The van der Waals surface area contributed by atoms with Crippen LogP contribution in [-0.2, 0) is 9.59 Å². The van der Waals surface area contributed by atoms with Crippen molar-refractivity contribution in [1.29, 1.82) is 0 Å². The van der Waals surface area contributed by atoms with Gasteiger partial charge < -0.3 is 16.0 Å². The zero-order valence-electron chi connectivity index (χ0n) is 11.9. The Morgan fingerprint density at radius 2 is 1.67 bits per heavy atom. The molecule has 0 radical (unpaired) electrons. The number of amides is 2. The minimum absolute atomic E-state index is 0.0361. The Morgan fingerprint density at radius 1 is 1.00 bits per heavy atom. The Hall–Kier alpha value is -1.95. The maximum Gasteiger partial charge on any atom is 0.228 e. The lowest BCUT2D eigenvalue weighted by Crippen LogP contribution is -2.34. The van der Waals surface area contributed by atoms with Gasteiger partial charge in [-0.25, -0.2) is 4.98 Å². The molecule has 2 amide bonds. The van der Waals surface area contributed by atoms with E-state index in [4.69, 9.17) is 0 Å². The van der Waals surface area contributed by atoms with Crippen molar-refractivity contribution in [1.82, 2.24) is 10.3 Å². The quantitative estimate of drug-likeness (QED) is 0.781. The molecule has 3 N–H and O–H groups in total. The lowest BCUT2D eigenvalue weighted by molar-refractivity contribution is -0.120. The molecule has 1 aliphatic carbocycles. The second kappa shape index (κ2) is 6.22. The van der Waals surface area contributed by atoms with Crippen LogP contribution in [0.15, 0.2) is 18.3 Å². The molecule has 1 saturated carbocycles. The van der Waals surface area contributed by atoms with E-state index in [0.29, 0.717) is 11.5 Å². The Balaban J connectivity index is 1.53. The summed E-state index contributed by atoms with van der Waals surface area (Å²) in [5.74, 6) is 0.848. The Kier molecular flexibility index (Phi) is 4.15. The fraction of sp³-hybridized carbons (Fsp3) is 0.533. The van der Waals surface area contributed by atoms with Crippen LogP contribution in [0, 0.1) is 11.8 Å². The first kappa shape index (κ1) is 14.0. The van der Waals surface area contributed by atoms with E-state index in [0.717, 1.165) is 38.8 Å². The fourth-order valence-corrected chi connectivity index (χ4v) is 2.44. The van der Waals surface area contributed by atoms with Crippen molar-refractivity contribution in [2.24, 2.45) is 11.8 Å². The zero-order valence-corrected chi connectivity index (χ0v) is 11.9. The number of carbonyl (C=O) groups is 2. The van der Waals surface area contributed by atoms with E-state index in [2.05, 4.69) is 20.9 Å². The Labute approximate surface area is 123 Å². The highest BCUT2D eigenvalue weighted by Gasteiger charge is 2.29. The summed E-state index contributed by atoms with van der Waals surface area (Å²) >= 11 is 0. The first-order valence-corrected chi connectivity index (χ1v) is 7.51. The summed E-state index contributed by atoms with van der Waals surface area (Å²) in [6.45, 7) is 1.78. The number of aromatic nitrogens is 1. The van der Waals surface area contributed by atoms with Crippen LogP contribution in [-0.4, -0.2) is 29.9 Å². The minimum atomic E-state index is 0.0361. The summed E-state index contributed by atoms with van der Waals surface area (Å²) in [6, 6.07) is 3.49. The molecule has 0 atom stereocenters. The average molecular weight is 288 g/mol. The van der Waals surface area contributed by atoms with E-state index in [1.54, 1.807) is 18.3 Å². The maximum absolute atomic E-state index is 12.1. The minimum Gasteiger partial charge on any atom is -0.324 e. The third-order valence-electron chi connectivity index (χ3n) is 3.94.